The van der Waals surface area contributed by atoms with Crippen LogP contribution in [0.5, 0.6) is 11.5 Å². The molecule has 1 aromatic heterocycles. The Morgan fingerprint density at radius 3 is 2.40 bits per heavy atom. The van der Waals surface area contributed by atoms with E-state index in [-0.39, 0.29) is 4.90 Å². The van der Waals surface area contributed by atoms with Crippen molar-refractivity contribution in [3.05, 3.63) is 53.9 Å². The van der Waals surface area contributed by atoms with Crippen molar-refractivity contribution in [3.8, 4) is 22.8 Å². The van der Waals surface area contributed by atoms with Crippen molar-refractivity contribution in [3.63, 3.8) is 0 Å². The summed E-state index contributed by atoms with van der Waals surface area (Å²) >= 11 is 1.59. The molecule has 9 heteroatoms. The number of nitrogens with zero attached hydrogens (tertiary/aromatic N) is 3. The van der Waals surface area contributed by atoms with Crippen LogP contribution in [0.3, 0.4) is 0 Å². The number of anilines is 1. The lowest BCUT2D eigenvalue weighted by Gasteiger charge is -2.34. The van der Waals surface area contributed by atoms with E-state index in [1.54, 1.807) is 29.5 Å². The van der Waals surface area contributed by atoms with Crippen LogP contribution in [-0.4, -0.2) is 57.1 Å². The Hall–Kier alpha value is -2.62. The standard InChI is InChI=1S/C21H21N3O4S2/c25-30(26,17-6-7-19-20(14-17)28-13-12-27-19)24-10-8-23(9-11-24)21-22-18(15-29-21)16-4-2-1-3-5-16/h1-7,14-15H,8-13H2. The molecule has 2 aliphatic rings. The molecule has 0 aliphatic carbocycles. The van der Waals surface area contributed by atoms with E-state index in [1.807, 2.05) is 35.7 Å². The van der Waals surface area contributed by atoms with Crippen LogP contribution in [0.4, 0.5) is 5.13 Å². The minimum absolute atomic E-state index is 0.237. The lowest BCUT2D eigenvalue weighted by molar-refractivity contribution is 0.171. The molecule has 156 valence electrons. The molecule has 1 fully saturated rings. The highest BCUT2D eigenvalue weighted by Crippen LogP contribution is 2.34. The fourth-order valence-corrected chi connectivity index (χ4v) is 5.93. The molecule has 0 radical (unpaired) electrons. The number of rotatable bonds is 4. The number of hydrogen-bond acceptors (Lipinski definition) is 7. The van der Waals surface area contributed by atoms with Crippen molar-refractivity contribution >= 4 is 26.5 Å². The van der Waals surface area contributed by atoms with Gasteiger partial charge in [0.05, 0.1) is 10.6 Å². The number of thiazole rings is 1. The van der Waals surface area contributed by atoms with Crippen LogP contribution in [0.15, 0.2) is 58.8 Å². The molecule has 2 aromatic carbocycles. The third kappa shape index (κ3) is 3.64. The minimum Gasteiger partial charge on any atom is -0.486 e. The summed E-state index contributed by atoms with van der Waals surface area (Å²) in [6.07, 6.45) is 0. The average Bonchev–Trinajstić information content (AvgIpc) is 3.30. The topological polar surface area (TPSA) is 72.0 Å². The zero-order valence-corrected chi connectivity index (χ0v) is 17.9. The Morgan fingerprint density at radius 1 is 0.900 bits per heavy atom. The molecule has 0 N–H and O–H groups in total. The van der Waals surface area contributed by atoms with E-state index in [4.69, 9.17) is 14.5 Å². The summed E-state index contributed by atoms with van der Waals surface area (Å²) in [6, 6.07) is 14.9. The van der Waals surface area contributed by atoms with E-state index in [1.165, 1.54) is 4.31 Å². The normalized spacial score (nSPS) is 17.1. The molecule has 0 saturated carbocycles. The molecule has 0 atom stereocenters. The summed E-state index contributed by atoms with van der Waals surface area (Å²) in [5.74, 6) is 1.07. The summed E-state index contributed by atoms with van der Waals surface area (Å²) in [4.78, 5) is 7.13. The third-order valence-electron chi connectivity index (χ3n) is 5.22. The van der Waals surface area contributed by atoms with Crippen LogP contribution >= 0.6 is 11.3 Å². The number of benzene rings is 2. The first-order valence-corrected chi connectivity index (χ1v) is 12.1. The van der Waals surface area contributed by atoms with E-state index >= 15 is 0 Å². The maximum atomic E-state index is 13.1. The first kappa shape index (κ1) is 19.3. The number of fused-ring (bicyclic) bond motifs is 1. The Labute approximate surface area is 179 Å². The van der Waals surface area contributed by atoms with Crippen molar-refractivity contribution in [1.29, 1.82) is 0 Å². The highest BCUT2D eigenvalue weighted by molar-refractivity contribution is 7.89. The van der Waals surface area contributed by atoms with Crippen molar-refractivity contribution in [2.75, 3.05) is 44.3 Å². The summed E-state index contributed by atoms with van der Waals surface area (Å²) < 4.78 is 38.8. The van der Waals surface area contributed by atoms with Gasteiger partial charge in [0.25, 0.3) is 0 Å². The molecule has 0 unspecified atom stereocenters. The maximum Gasteiger partial charge on any atom is 0.243 e. The van der Waals surface area contributed by atoms with Gasteiger partial charge < -0.3 is 14.4 Å². The van der Waals surface area contributed by atoms with E-state index in [0.29, 0.717) is 50.9 Å². The van der Waals surface area contributed by atoms with Gasteiger partial charge in [-0.1, -0.05) is 30.3 Å². The monoisotopic (exact) mass is 443 g/mol. The molecule has 5 rings (SSSR count). The smallest absolute Gasteiger partial charge is 0.243 e. The quantitative estimate of drug-likeness (QED) is 0.617. The predicted molar refractivity (Wildman–Crippen MR) is 116 cm³/mol. The van der Waals surface area contributed by atoms with Crippen LogP contribution in [0, 0.1) is 0 Å². The van der Waals surface area contributed by atoms with Crippen molar-refractivity contribution in [1.82, 2.24) is 9.29 Å². The molecule has 3 heterocycles. The molecular formula is C21H21N3O4S2. The van der Waals surface area contributed by atoms with Crippen LogP contribution < -0.4 is 14.4 Å². The highest BCUT2D eigenvalue weighted by atomic mass is 32.2. The Kier molecular flexibility index (Phi) is 5.10. The van der Waals surface area contributed by atoms with Crippen LogP contribution in [0.25, 0.3) is 11.3 Å². The van der Waals surface area contributed by atoms with E-state index < -0.39 is 10.0 Å². The lowest BCUT2D eigenvalue weighted by atomic mass is 10.2. The molecule has 2 aliphatic heterocycles. The number of sulfonamides is 1. The van der Waals surface area contributed by atoms with Gasteiger partial charge in [-0.15, -0.1) is 11.3 Å². The molecule has 0 bridgehead atoms. The first-order chi connectivity index (χ1) is 14.6. The second-order valence-corrected chi connectivity index (χ2v) is 9.85. The van der Waals surface area contributed by atoms with E-state index in [0.717, 1.165) is 16.4 Å². The fourth-order valence-electron chi connectivity index (χ4n) is 3.60. The van der Waals surface area contributed by atoms with E-state index in [2.05, 4.69) is 4.90 Å². The fraction of sp³-hybridized carbons (Fsp3) is 0.286. The predicted octanol–water partition coefficient (Wildman–Crippen LogP) is 3.09. The Morgan fingerprint density at radius 2 is 1.63 bits per heavy atom. The van der Waals surface area contributed by atoms with Gasteiger partial charge in [-0.05, 0) is 12.1 Å². The number of ether oxygens (including phenoxy) is 2. The maximum absolute atomic E-state index is 13.1. The first-order valence-electron chi connectivity index (χ1n) is 9.77. The highest BCUT2D eigenvalue weighted by Gasteiger charge is 2.30. The zero-order chi connectivity index (χ0) is 20.6. The zero-order valence-electron chi connectivity index (χ0n) is 16.2. The van der Waals surface area contributed by atoms with Gasteiger partial charge in [-0.25, -0.2) is 13.4 Å². The minimum atomic E-state index is -3.58. The second kappa shape index (κ2) is 7.90. The summed E-state index contributed by atoms with van der Waals surface area (Å²) in [5.41, 5.74) is 2.03. The molecule has 0 amide bonds. The molecule has 30 heavy (non-hydrogen) atoms. The van der Waals surface area contributed by atoms with Gasteiger partial charge >= 0.3 is 0 Å². The number of piperazine rings is 1. The molecule has 3 aromatic rings. The van der Waals surface area contributed by atoms with Crippen LogP contribution in [0.1, 0.15) is 0 Å². The molecular weight excluding hydrogens is 422 g/mol. The second-order valence-electron chi connectivity index (χ2n) is 7.08. The molecule has 0 spiro atoms. The van der Waals surface area contributed by atoms with Crippen LogP contribution in [-0.2, 0) is 10.0 Å². The molecule has 1 saturated heterocycles. The summed E-state index contributed by atoms with van der Waals surface area (Å²) in [5, 5.41) is 2.97. The van der Waals surface area contributed by atoms with Crippen molar-refractivity contribution in [2.24, 2.45) is 0 Å². The van der Waals surface area contributed by atoms with Gasteiger partial charge in [0.1, 0.15) is 13.2 Å². The molecule has 7 nitrogen and oxygen atoms in total. The Balaban J connectivity index is 1.28. The summed E-state index contributed by atoms with van der Waals surface area (Å²) in [7, 11) is -3.58. The van der Waals surface area contributed by atoms with Gasteiger partial charge in [-0.2, -0.15) is 4.31 Å². The number of hydrogen-bond donors (Lipinski definition) is 0. The largest absolute Gasteiger partial charge is 0.486 e. The van der Waals surface area contributed by atoms with Gasteiger partial charge in [-0.3, -0.25) is 0 Å². The third-order valence-corrected chi connectivity index (χ3v) is 8.02. The van der Waals surface area contributed by atoms with Gasteiger partial charge in [0, 0.05) is 43.2 Å². The average molecular weight is 444 g/mol. The Bertz CT molecular complexity index is 1140. The van der Waals surface area contributed by atoms with Gasteiger partial charge in [0.2, 0.25) is 10.0 Å². The van der Waals surface area contributed by atoms with E-state index in [9.17, 15) is 8.42 Å². The SMILES string of the molecule is O=S(=O)(c1ccc2c(c1)OCCO2)N1CCN(c2nc(-c3ccccc3)cs2)CC1. The lowest BCUT2D eigenvalue weighted by Crippen LogP contribution is -2.48. The van der Waals surface area contributed by atoms with Crippen LogP contribution in [0.2, 0.25) is 0 Å². The summed E-state index contributed by atoms with van der Waals surface area (Å²) in [6.45, 7) is 2.93. The van der Waals surface area contributed by atoms with Crippen molar-refractivity contribution in [2.45, 2.75) is 4.90 Å². The van der Waals surface area contributed by atoms with Crippen molar-refractivity contribution < 1.29 is 17.9 Å². The van der Waals surface area contributed by atoms with Gasteiger partial charge in [0.15, 0.2) is 16.6 Å². The number of aromatic nitrogens is 1.